The first-order valence-corrected chi connectivity index (χ1v) is 15.7. The van der Waals surface area contributed by atoms with Gasteiger partial charge in [-0.3, -0.25) is 0 Å². The summed E-state index contributed by atoms with van der Waals surface area (Å²) in [6.07, 6.45) is 0.817. The lowest BCUT2D eigenvalue weighted by molar-refractivity contribution is 1.19. The first-order chi connectivity index (χ1) is 22.7. The van der Waals surface area contributed by atoms with E-state index in [1.54, 1.807) is 0 Å². The molecule has 6 aromatic carbocycles. The summed E-state index contributed by atoms with van der Waals surface area (Å²) >= 11 is 0. The fourth-order valence-corrected chi connectivity index (χ4v) is 6.29. The number of fused-ring (bicyclic) bond motifs is 2. The molecule has 0 spiro atoms. The minimum absolute atomic E-state index is 0.738. The largest absolute Gasteiger partial charge is 0.248 e. The molecule has 0 atom stereocenters. The van der Waals surface area contributed by atoms with Gasteiger partial charge in [-0.2, -0.15) is 0 Å². The van der Waals surface area contributed by atoms with Crippen LogP contribution in [-0.2, 0) is 6.42 Å². The molecule has 2 aromatic heterocycles. The minimum atomic E-state index is 0.738. The molecule has 8 aromatic rings. The molecule has 0 amide bonds. The van der Waals surface area contributed by atoms with Crippen LogP contribution in [0.1, 0.15) is 16.7 Å². The number of aromatic nitrogens is 3. The molecule has 3 heteroatoms. The third kappa shape index (κ3) is 5.33. The number of aryl methyl sites for hydroxylation is 1. The maximum Gasteiger partial charge on any atom is 0.160 e. The van der Waals surface area contributed by atoms with E-state index in [9.17, 15) is 0 Å². The summed E-state index contributed by atoms with van der Waals surface area (Å²) in [4.78, 5) is 15.2. The number of benzene rings is 6. The van der Waals surface area contributed by atoms with E-state index >= 15 is 0 Å². The van der Waals surface area contributed by atoms with Crippen LogP contribution < -0.4 is 0 Å². The van der Waals surface area contributed by atoms with Gasteiger partial charge in [0.15, 0.2) is 5.82 Å². The van der Waals surface area contributed by atoms with E-state index < -0.39 is 0 Å². The van der Waals surface area contributed by atoms with Gasteiger partial charge in [-0.1, -0.05) is 133 Å². The predicted molar refractivity (Wildman–Crippen MR) is 191 cm³/mol. The highest BCUT2D eigenvalue weighted by Gasteiger charge is 2.14. The zero-order valence-electron chi connectivity index (χ0n) is 25.6. The monoisotopic (exact) mass is 589 g/mol. The summed E-state index contributed by atoms with van der Waals surface area (Å²) < 4.78 is 0. The second-order valence-corrected chi connectivity index (χ2v) is 11.7. The maximum atomic E-state index is 5.10. The third-order valence-electron chi connectivity index (χ3n) is 8.63. The normalized spacial score (nSPS) is 11.2. The van der Waals surface area contributed by atoms with Gasteiger partial charge in [0.05, 0.1) is 22.4 Å². The molecular formula is C43H31N3. The van der Waals surface area contributed by atoms with Crippen molar-refractivity contribution < 1.29 is 0 Å². The molecule has 0 aliphatic rings. The third-order valence-corrected chi connectivity index (χ3v) is 8.63. The summed E-state index contributed by atoms with van der Waals surface area (Å²) in [6, 6.07) is 55.2. The predicted octanol–water partition coefficient (Wildman–Crippen LogP) is 10.7. The Kier molecular flexibility index (Phi) is 7.12. The molecule has 0 bridgehead atoms. The van der Waals surface area contributed by atoms with Crippen LogP contribution in [0.25, 0.3) is 66.8 Å². The van der Waals surface area contributed by atoms with Crippen LogP contribution in [0, 0.1) is 6.92 Å². The van der Waals surface area contributed by atoms with Gasteiger partial charge >= 0.3 is 0 Å². The van der Waals surface area contributed by atoms with Crippen molar-refractivity contribution in [3.8, 4) is 45.0 Å². The lowest BCUT2D eigenvalue weighted by atomic mass is 9.95. The average molecular weight is 590 g/mol. The molecule has 0 aliphatic heterocycles. The Morgan fingerprint density at radius 2 is 1.11 bits per heavy atom. The number of hydrogen-bond acceptors (Lipinski definition) is 3. The molecule has 0 fully saturated rings. The van der Waals surface area contributed by atoms with Crippen LogP contribution in [0.3, 0.4) is 0 Å². The van der Waals surface area contributed by atoms with E-state index in [2.05, 4.69) is 153 Å². The second kappa shape index (κ2) is 11.9. The van der Waals surface area contributed by atoms with Gasteiger partial charge in [-0.05, 0) is 65.4 Å². The zero-order valence-corrected chi connectivity index (χ0v) is 25.6. The number of nitrogens with zero attached hydrogens (tertiary/aromatic N) is 3. The molecule has 0 unspecified atom stereocenters. The van der Waals surface area contributed by atoms with E-state index in [1.165, 1.54) is 27.8 Å². The maximum absolute atomic E-state index is 5.10. The molecule has 0 saturated carbocycles. The smallest absolute Gasteiger partial charge is 0.160 e. The second-order valence-electron chi connectivity index (χ2n) is 11.7. The summed E-state index contributed by atoms with van der Waals surface area (Å²) in [5, 5.41) is 2.26. The summed E-state index contributed by atoms with van der Waals surface area (Å²) in [5.41, 5.74) is 13.2. The van der Waals surface area contributed by atoms with Crippen molar-refractivity contribution >= 4 is 21.8 Å². The molecule has 0 saturated heterocycles. The lowest BCUT2D eigenvalue weighted by Crippen LogP contribution is -1.97. The van der Waals surface area contributed by atoms with Crippen LogP contribution in [0.2, 0.25) is 0 Å². The SMILES string of the molecule is Cc1cccc2nc(-c3ccc(Cc4ccc5nc(-c6ccccc6)cc(-c6ccccc6)c5c4)cc3)nc(-c3ccccc3)c12. The van der Waals surface area contributed by atoms with Crippen molar-refractivity contribution in [2.45, 2.75) is 13.3 Å². The van der Waals surface area contributed by atoms with Crippen LogP contribution in [-0.4, -0.2) is 15.0 Å². The zero-order chi connectivity index (χ0) is 30.9. The van der Waals surface area contributed by atoms with Crippen molar-refractivity contribution in [2.24, 2.45) is 0 Å². The fourth-order valence-electron chi connectivity index (χ4n) is 6.29. The van der Waals surface area contributed by atoms with Crippen LogP contribution in [0.5, 0.6) is 0 Å². The highest BCUT2D eigenvalue weighted by atomic mass is 14.9. The lowest BCUT2D eigenvalue weighted by Gasteiger charge is -2.13. The Morgan fingerprint density at radius 1 is 0.457 bits per heavy atom. The van der Waals surface area contributed by atoms with E-state index in [4.69, 9.17) is 15.0 Å². The van der Waals surface area contributed by atoms with Crippen LogP contribution in [0.15, 0.2) is 158 Å². The molecule has 8 rings (SSSR count). The van der Waals surface area contributed by atoms with E-state index in [-0.39, 0.29) is 0 Å². The molecular weight excluding hydrogens is 558 g/mol. The van der Waals surface area contributed by atoms with Crippen molar-refractivity contribution in [2.75, 3.05) is 0 Å². The topological polar surface area (TPSA) is 38.7 Å². The summed E-state index contributed by atoms with van der Waals surface area (Å²) in [5.74, 6) is 0.738. The highest BCUT2D eigenvalue weighted by Crippen LogP contribution is 2.34. The van der Waals surface area contributed by atoms with Crippen molar-refractivity contribution in [1.29, 1.82) is 0 Å². The fraction of sp³-hybridized carbons (Fsp3) is 0.0465. The molecule has 218 valence electrons. The minimum Gasteiger partial charge on any atom is -0.248 e. The summed E-state index contributed by atoms with van der Waals surface area (Å²) in [7, 11) is 0. The molecule has 0 aliphatic carbocycles. The first kappa shape index (κ1) is 27.6. The number of hydrogen-bond donors (Lipinski definition) is 0. The van der Waals surface area contributed by atoms with E-state index in [0.717, 1.165) is 62.1 Å². The van der Waals surface area contributed by atoms with E-state index in [1.807, 2.05) is 12.1 Å². The van der Waals surface area contributed by atoms with Crippen LogP contribution >= 0.6 is 0 Å². The van der Waals surface area contributed by atoms with Gasteiger partial charge in [0.1, 0.15) is 0 Å². The van der Waals surface area contributed by atoms with Crippen molar-refractivity contribution in [3.05, 3.63) is 174 Å². The van der Waals surface area contributed by atoms with Gasteiger partial charge < -0.3 is 0 Å². The van der Waals surface area contributed by atoms with Gasteiger partial charge in [-0.25, -0.2) is 15.0 Å². The molecule has 0 N–H and O–H groups in total. The molecule has 46 heavy (non-hydrogen) atoms. The van der Waals surface area contributed by atoms with Gasteiger partial charge in [-0.15, -0.1) is 0 Å². The molecule has 3 nitrogen and oxygen atoms in total. The van der Waals surface area contributed by atoms with Gasteiger partial charge in [0.25, 0.3) is 0 Å². The number of pyridine rings is 1. The Balaban J connectivity index is 1.14. The van der Waals surface area contributed by atoms with Crippen LogP contribution in [0.4, 0.5) is 0 Å². The van der Waals surface area contributed by atoms with Crippen molar-refractivity contribution in [1.82, 2.24) is 15.0 Å². The molecule has 0 radical (unpaired) electrons. The standard InChI is InChI=1S/C43H31N3/c1-29-12-11-19-39-41(29)42(34-17-9-4-10-18-34)46-43(45-39)35-23-20-30(21-24-35)26-31-22-25-38-37(27-31)36(32-13-5-2-6-14-32)28-40(44-38)33-15-7-3-8-16-33/h2-25,27-28H,26H2,1H3. The first-order valence-electron chi connectivity index (χ1n) is 15.7. The van der Waals surface area contributed by atoms with Crippen molar-refractivity contribution in [3.63, 3.8) is 0 Å². The average Bonchev–Trinajstić information content (AvgIpc) is 3.12. The van der Waals surface area contributed by atoms with E-state index in [0.29, 0.717) is 0 Å². The van der Waals surface area contributed by atoms with Gasteiger partial charge in [0.2, 0.25) is 0 Å². The molecule has 2 heterocycles. The highest BCUT2D eigenvalue weighted by molar-refractivity contribution is 5.97. The Hall–Kier alpha value is -5.93. The number of rotatable bonds is 6. The Bertz CT molecular complexity index is 2310. The summed E-state index contributed by atoms with van der Waals surface area (Å²) in [6.45, 7) is 2.13. The Morgan fingerprint density at radius 3 is 1.83 bits per heavy atom. The Labute approximate surface area is 268 Å². The quantitative estimate of drug-likeness (QED) is 0.194. The van der Waals surface area contributed by atoms with Gasteiger partial charge in [0, 0.05) is 27.5 Å².